The zero-order valence-electron chi connectivity index (χ0n) is 20.1. The Kier molecular flexibility index (Phi) is 13.1. The van der Waals surface area contributed by atoms with Gasteiger partial charge in [0.1, 0.15) is 0 Å². The summed E-state index contributed by atoms with van der Waals surface area (Å²) in [7, 11) is 8.77. The third-order valence-corrected chi connectivity index (χ3v) is 4.93. The first-order valence-electron chi connectivity index (χ1n) is 10.6. The van der Waals surface area contributed by atoms with Crippen molar-refractivity contribution in [3.63, 3.8) is 0 Å². The molecule has 0 aliphatic rings. The number of methoxy groups -OCH3 is 2. The molecule has 2 N–H and O–H groups in total. The summed E-state index contributed by atoms with van der Waals surface area (Å²) in [6.45, 7) is 2.24. The number of hydrogen-bond acceptors (Lipinski definition) is 5. The monoisotopic (exact) mass is 569 g/mol. The van der Waals surface area contributed by atoms with E-state index in [-0.39, 0.29) is 36.4 Å². The zero-order valence-corrected chi connectivity index (χ0v) is 22.5. The van der Waals surface area contributed by atoms with Crippen LogP contribution in [0.5, 0.6) is 11.5 Å². The molecule has 0 saturated heterocycles. The van der Waals surface area contributed by atoms with Crippen LogP contribution in [0, 0.1) is 0 Å². The number of anilines is 1. The first-order valence-corrected chi connectivity index (χ1v) is 10.6. The number of ether oxygens (including phenoxy) is 2. The third kappa shape index (κ3) is 9.77. The Morgan fingerprint density at radius 1 is 0.970 bits per heavy atom. The van der Waals surface area contributed by atoms with Crippen molar-refractivity contribution in [3.05, 3.63) is 54.1 Å². The molecule has 8 nitrogen and oxygen atoms in total. The molecule has 0 fully saturated rings. The molecule has 0 aliphatic heterocycles. The number of hydrogen-bond donors (Lipinski definition) is 2. The van der Waals surface area contributed by atoms with Gasteiger partial charge in [-0.3, -0.25) is 4.79 Å². The maximum absolute atomic E-state index is 12.0. The molecule has 0 atom stereocenters. The number of nitrogens with one attached hydrogen (secondary N) is 2. The van der Waals surface area contributed by atoms with Crippen LogP contribution in [0.2, 0.25) is 0 Å². The summed E-state index contributed by atoms with van der Waals surface area (Å²) in [6, 6.07) is 16.0. The quantitative estimate of drug-likeness (QED) is 0.188. The number of aliphatic imine (C=N–C) groups is 1. The normalized spacial score (nSPS) is 10.6. The van der Waals surface area contributed by atoms with Gasteiger partial charge in [0.15, 0.2) is 17.5 Å². The first kappa shape index (κ1) is 28.3. The van der Waals surface area contributed by atoms with Gasteiger partial charge in [-0.15, -0.1) is 24.0 Å². The first-order chi connectivity index (χ1) is 15.4. The highest BCUT2D eigenvalue weighted by atomic mass is 127. The number of nitrogens with zero attached hydrogens (tertiary/aromatic N) is 3. The summed E-state index contributed by atoms with van der Waals surface area (Å²) < 4.78 is 10.7. The molecule has 1 amide bonds. The van der Waals surface area contributed by atoms with E-state index in [0.717, 1.165) is 25.1 Å². The summed E-state index contributed by atoms with van der Waals surface area (Å²) >= 11 is 0. The maximum atomic E-state index is 12.0. The molecule has 9 heteroatoms. The van der Waals surface area contributed by atoms with E-state index in [2.05, 4.69) is 39.7 Å². The van der Waals surface area contributed by atoms with Crippen molar-refractivity contribution in [2.45, 2.75) is 13.0 Å². The number of guanidine groups is 1. The fourth-order valence-corrected chi connectivity index (χ4v) is 2.98. The lowest BCUT2D eigenvalue weighted by molar-refractivity contribution is -0.127. The summed E-state index contributed by atoms with van der Waals surface area (Å²) in [5, 5.41) is 6.45. The number of halogens is 1. The highest BCUT2D eigenvalue weighted by Crippen LogP contribution is 2.27. The lowest BCUT2D eigenvalue weighted by Crippen LogP contribution is -2.43. The van der Waals surface area contributed by atoms with Gasteiger partial charge in [0.2, 0.25) is 5.91 Å². The van der Waals surface area contributed by atoms with Gasteiger partial charge in [0.25, 0.3) is 0 Å². The smallest absolute Gasteiger partial charge is 0.241 e. The highest BCUT2D eigenvalue weighted by molar-refractivity contribution is 14.0. The lowest BCUT2D eigenvalue weighted by atomic mass is 10.2. The molecule has 182 valence electrons. The largest absolute Gasteiger partial charge is 0.493 e. The van der Waals surface area contributed by atoms with Crippen LogP contribution < -0.4 is 25.0 Å². The van der Waals surface area contributed by atoms with E-state index in [1.54, 1.807) is 33.2 Å². The molecule has 0 bridgehead atoms. The SMILES string of the molecule is COc1ccc(CN=C(NCCCN(C)c2ccccc2)NCC(=O)N(C)C)cc1OC.I. The second kappa shape index (κ2) is 15.2. The Bertz CT molecular complexity index is 878. The average Bonchev–Trinajstić information content (AvgIpc) is 2.82. The van der Waals surface area contributed by atoms with Crippen LogP contribution in [0.15, 0.2) is 53.5 Å². The number of rotatable bonds is 11. The van der Waals surface area contributed by atoms with Crippen LogP contribution in [0.1, 0.15) is 12.0 Å². The summed E-state index contributed by atoms with van der Waals surface area (Å²) in [6.07, 6.45) is 0.921. The number of para-hydroxylation sites is 1. The number of benzene rings is 2. The van der Waals surface area contributed by atoms with Gasteiger partial charge in [0.05, 0.1) is 27.3 Å². The second-order valence-electron chi connectivity index (χ2n) is 7.53. The Hall–Kier alpha value is -2.69. The summed E-state index contributed by atoms with van der Waals surface area (Å²) in [5.41, 5.74) is 2.16. The van der Waals surface area contributed by atoms with Gasteiger partial charge in [0, 0.05) is 39.9 Å². The Morgan fingerprint density at radius 2 is 1.67 bits per heavy atom. The predicted molar refractivity (Wildman–Crippen MR) is 145 cm³/mol. The van der Waals surface area contributed by atoms with Crippen LogP contribution in [0.4, 0.5) is 5.69 Å². The molecule has 0 unspecified atom stereocenters. The van der Waals surface area contributed by atoms with E-state index in [1.165, 1.54) is 5.69 Å². The standard InChI is InChI=1S/C24H35N5O3.HI/c1-28(2)23(30)18-27-24(25-14-9-15-29(3)20-10-7-6-8-11-20)26-17-19-12-13-21(31-4)22(16-19)32-5;/h6-8,10-13,16H,9,14-15,17-18H2,1-5H3,(H2,25,26,27);1H. The van der Waals surface area contributed by atoms with Gasteiger partial charge in [-0.2, -0.15) is 0 Å². The van der Waals surface area contributed by atoms with Crippen molar-refractivity contribution in [1.29, 1.82) is 0 Å². The Labute approximate surface area is 214 Å². The summed E-state index contributed by atoms with van der Waals surface area (Å²) in [5.74, 6) is 1.91. The summed E-state index contributed by atoms with van der Waals surface area (Å²) in [4.78, 5) is 20.4. The molecule has 2 rings (SSSR count). The minimum absolute atomic E-state index is 0. The van der Waals surface area contributed by atoms with Crippen molar-refractivity contribution in [2.24, 2.45) is 4.99 Å². The number of likely N-dealkylation sites (N-methyl/N-ethyl adjacent to an activating group) is 1. The van der Waals surface area contributed by atoms with Gasteiger partial charge in [-0.1, -0.05) is 24.3 Å². The fraction of sp³-hybridized carbons (Fsp3) is 0.417. The lowest BCUT2D eigenvalue weighted by Gasteiger charge is -2.20. The van der Waals surface area contributed by atoms with E-state index in [0.29, 0.717) is 24.0 Å². The molecule has 2 aromatic rings. The Balaban J connectivity index is 0.00000544. The van der Waals surface area contributed by atoms with Gasteiger partial charge >= 0.3 is 0 Å². The molecular weight excluding hydrogens is 533 g/mol. The highest BCUT2D eigenvalue weighted by Gasteiger charge is 2.08. The van der Waals surface area contributed by atoms with Crippen molar-refractivity contribution < 1.29 is 14.3 Å². The van der Waals surface area contributed by atoms with Crippen LogP contribution in [0.25, 0.3) is 0 Å². The van der Waals surface area contributed by atoms with Crippen LogP contribution in [-0.2, 0) is 11.3 Å². The molecule has 0 radical (unpaired) electrons. The van der Waals surface area contributed by atoms with Gasteiger partial charge < -0.3 is 29.9 Å². The minimum Gasteiger partial charge on any atom is -0.493 e. The van der Waals surface area contributed by atoms with Crippen molar-refractivity contribution in [2.75, 3.05) is 59.9 Å². The maximum Gasteiger partial charge on any atom is 0.241 e. The topological polar surface area (TPSA) is 78.4 Å². The predicted octanol–water partition coefficient (Wildman–Crippen LogP) is 2.97. The molecule has 0 spiro atoms. The molecule has 0 aromatic heterocycles. The van der Waals surface area contributed by atoms with Crippen molar-refractivity contribution >= 4 is 41.5 Å². The molecule has 33 heavy (non-hydrogen) atoms. The second-order valence-corrected chi connectivity index (χ2v) is 7.53. The van der Waals surface area contributed by atoms with E-state index in [9.17, 15) is 4.79 Å². The third-order valence-electron chi connectivity index (χ3n) is 4.93. The van der Waals surface area contributed by atoms with Crippen LogP contribution in [0.3, 0.4) is 0 Å². The zero-order chi connectivity index (χ0) is 23.3. The van der Waals surface area contributed by atoms with Crippen molar-refractivity contribution in [3.8, 4) is 11.5 Å². The van der Waals surface area contributed by atoms with E-state index >= 15 is 0 Å². The van der Waals surface area contributed by atoms with E-state index in [4.69, 9.17) is 9.47 Å². The molecule has 0 saturated carbocycles. The molecular formula is C24H36IN5O3. The molecule has 0 heterocycles. The van der Waals surface area contributed by atoms with E-state index < -0.39 is 0 Å². The van der Waals surface area contributed by atoms with Gasteiger partial charge in [-0.05, 0) is 36.2 Å². The average molecular weight is 569 g/mol. The minimum atomic E-state index is -0.0190. The fourth-order valence-electron chi connectivity index (χ4n) is 2.98. The molecule has 2 aromatic carbocycles. The van der Waals surface area contributed by atoms with Gasteiger partial charge in [-0.25, -0.2) is 4.99 Å². The van der Waals surface area contributed by atoms with E-state index in [1.807, 2.05) is 36.4 Å². The number of amides is 1. The molecule has 0 aliphatic carbocycles. The van der Waals surface area contributed by atoms with Crippen LogP contribution >= 0.6 is 24.0 Å². The van der Waals surface area contributed by atoms with Crippen LogP contribution in [-0.4, -0.2) is 71.8 Å². The number of carbonyl (C=O) groups is 1. The van der Waals surface area contributed by atoms with Crippen molar-refractivity contribution in [1.82, 2.24) is 15.5 Å². The Morgan fingerprint density at radius 3 is 2.30 bits per heavy atom. The number of carbonyl (C=O) groups excluding carboxylic acids is 1.